The van der Waals surface area contributed by atoms with E-state index >= 15 is 0 Å². The first-order chi connectivity index (χ1) is 12.0. The highest BCUT2D eigenvalue weighted by Crippen LogP contribution is 2.39. The van der Waals surface area contributed by atoms with E-state index in [1.54, 1.807) is 42.5 Å². The molecule has 2 aromatic rings. The highest BCUT2D eigenvalue weighted by molar-refractivity contribution is 6.10. The molecule has 2 N–H and O–H groups in total. The molecular weight excluding hydrogens is 326 g/mol. The second-order valence-electron chi connectivity index (χ2n) is 5.08. The number of carboxylic acids is 1. The topological polar surface area (TPSA) is 94.1 Å². The van der Waals surface area contributed by atoms with Gasteiger partial charge in [0.2, 0.25) is 5.91 Å². The molecule has 2 rings (SSSR count). The van der Waals surface area contributed by atoms with Crippen LogP contribution >= 0.6 is 0 Å². The zero-order chi connectivity index (χ0) is 18.4. The molecule has 2 aromatic carbocycles. The molecule has 0 saturated carbocycles. The van der Waals surface area contributed by atoms with Crippen LogP contribution in [0.4, 0.5) is 5.69 Å². The summed E-state index contributed by atoms with van der Waals surface area (Å²) in [5.74, 6) is -2.26. The average molecular weight is 345 g/mol. The number of rotatable bonds is 7. The summed E-state index contributed by atoms with van der Waals surface area (Å²) >= 11 is 0. The quantitative estimate of drug-likeness (QED) is 0.749. The van der Waals surface area contributed by atoms with Gasteiger partial charge in [-0.3, -0.25) is 9.59 Å². The largest absolute Gasteiger partial charge is 0.496 e. The predicted molar refractivity (Wildman–Crippen MR) is 91.5 cm³/mol. The van der Waals surface area contributed by atoms with E-state index in [0.717, 1.165) is 0 Å². The van der Waals surface area contributed by atoms with Crippen molar-refractivity contribution in [2.45, 2.75) is 5.92 Å². The number of carboxylic acid groups (broad SMARTS) is 1. The van der Waals surface area contributed by atoms with Gasteiger partial charge in [-0.15, -0.1) is 0 Å². The fourth-order valence-electron chi connectivity index (χ4n) is 2.38. The summed E-state index contributed by atoms with van der Waals surface area (Å²) in [5, 5.41) is 12.1. The van der Waals surface area contributed by atoms with Crippen LogP contribution in [-0.4, -0.2) is 38.3 Å². The van der Waals surface area contributed by atoms with Crippen LogP contribution in [-0.2, 0) is 9.59 Å². The van der Waals surface area contributed by atoms with Crippen LogP contribution in [0, 0.1) is 0 Å². The van der Waals surface area contributed by atoms with Crippen LogP contribution in [0.25, 0.3) is 0 Å². The van der Waals surface area contributed by atoms with Crippen LogP contribution in [0.1, 0.15) is 11.5 Å². The number of amides is 1. The Morgan fingerprint density at radius 2 is 1.52 bits per heavy atom. The molecule has 0 saturated heterocycles. The molecule has 0 fully saturated rings. The number of hydrogen-bond donors (Lipinski definition) is 2. The van der Waals surface area contributed by atoms with Gasteiger partial charge >= 0.3 is 5.97 Å². The predicted octanol–water partition coefficient (Wildman–Crippen LogP) is 2.52. The summed E-state index contributed by atoms with van der Waals surface area (Å²) in [6.45, 7) is 0. The van der Waals surface area contributed by atoms with Crippen molar-refractivity contribution in [1.82, 2.24) is 0 Å². The van der Waals surface area contributed by atoms with Gasteiger partial charge in [0.15, 0.2) is 5.92 Å². The van der Waals surface area contributed by atoms with Gasteiger partial charge in [-0.2, -0.15) is 0 Å². The molecule has 7 nitrogen and oxygen atoms in total. The Morgan fingerprint density at radius 1 is 0.960 bits per heavy atom. The molecule has 0 radical (unpaired) electrons. The van der Waals surface area contributed by atoms with Gasteiger partial charge in [0, 0.05) is 12.1 Å². The summed E-state index contributed by atoms with van der Waals surface area (Å²) in [6.07, 6.45) is 0. The van der Waals surface area contributed by atoms with Gasteiger partial charge in [-0.25, -0.2) is 0 Å². The highest BCUT2D eigenvalue weighted by atomic mass is 16.5. The minimum absolute atomic E-state index is 0.234. The van der Waals surface area contributed by atoms with Crippen LogP contribution in [0.5, 0.6) is 17.2 Å². The van der Waals surface area contributed by atoms with Crippen molar-refractivity contribution < 1.29 is 28.9 Å². The number of carbonyl (C=O) groups excluding carboxylic acids is 1. The number of nitrogens with one attached hydrogen (secondary N) is 1. The smallest absolute Gasteiger partial charge is 0.320 e. The van der Waals surface area contributed by atoms with Crippen molar-refractivity contribution in [2.75, 3.05) is 26.6 Å². The molecule has 0 aliphatic carbocycles. The molecular formula is C18H19NO6. The summed E-state index contributed by atoms with van der Waals surface area (Å²) in [6, 6.07) is 11.4. The number of methoxy groups -OCH3 is 3. The number of ether oxygens (including phenoxy) is 3. The zero-order valence-electron chi connectivity index (χ0n) is 14.1. The van der Waals surface area contributed by atoms with Crippen molar-refractivity contribution in [1.29, 1.82) is 0 Å². The normalized spacial score (nSPS) is 11.3. The first kappa shape index (κ1) is 18.1. The Kier molecular flexibility index (Phi) is 5.84. The Bertz CT molecular complexity index is 734. The number of aliphatic carboxylic acids is 1. The number of carbonyl (C=O) groups is 2. The average Bonchev–Trinajstić information content (AvgIpc) is 2.62. The van der Waals surface area contributed by atoms with Gasteiger partial charge in [-0.05, 0) is 5.56 Å². The van der Waals surface area contributed by atoms with E-state index in [0.29, 0.717) is 22.8 Å². The van der Waals surface area contributed by atoms with E-state index in [-0.39, 0.29) is 5.69 Å². The number of anilines is 1. The maximum Gasteiger partial charge on any atom is 0.320 e. The molecule has 0 aromatic heterocycles. The molecule has 25 heavy (non-hydrogen) atoms. The monoisotopic (exact) mass is 345 g/mol. The fraction of sp³-hybridized carbons (Fsp3) is 0.222. The number of hydrogen-bond acceptors (Lipinski definition) is 5. The van der Waals surface area contributed by atoms with Crippen LogP contribution in [0.15, 0.2) is 42.5 Å². The second kappa shape index (κ2) is 8.05. The third kappa shape index (κ3) is 4.00. The van der Waals surface area contributed by atoms with Crippen LogP contribution in [0.3, 0.4) is 0 Å². The second-order valence-corrected chi connectivity index (χ2v) is 5.08. The Balaban J connectivity index is 2.40. The molecule has 1 atom stereocenters. The summed E-state index contributed by atoms with van der Waals surface area (Å²) < 4.78 is 15.7. The van der Waals surface area contributed by atoms with Gasteiger partial charge < -0.3 is 24.6 Å². The Labute approximate surface area is 145 Å². The fourth-order valence-corrected chi connectivity index (χ4v) is 2.38. The van der Waals surface area contributed by atoms with Crippen LogP contribution in [0.2, 0.25) is 0 Å². The lowest BCUT2D eigenvalue weighted by Crippen LogP contribution is -2.28. The van der Waals surface area contributed by atoms with Crippen molar-refractivity contribution in [3.8, 4) is 17.2 Å². The summed E-state index contributed by atoms with van der Waals surface area (Å²) in [5.41, 5.74) is 0.608. The van der Waals surface area contributed by atoms with E-state index < -0.39 is 17.8 Å². The molecule has 1 amide bonds. The molecule has 0 heterocycles. The molecule has 132 valence electrons. The lowest BCUT2D eigenvalue weighted by atomic mass is 9.98. The lowest BCUT2D eigenvalue weighted by Gasteiger charge is -2.18. The van der Waals surface area contributed by atoms with E-state index in [9.17, 15) is 14.7 Å². The van der Waals surface area contributed by atoms with Gasteiger partial charge in [0.05, 0.1) is 21.3 Å². The number of benzene rings is 2. The SMILES string of the molecule is COc1cc(OC)c(NC(=O)C(C(=O)O)c2ccccc2)c(OC)c1. The Morgan fingerprint density at radius 3 is 1.96 bits per heavy atom. The molecule has 0 bridgehead atoms. The molecule has 7 heteroatoms. The third-order valence-electron chi connectivity index (χ3n) is 3.61. The van der Waals surface area contributed by atoms with Crippen molar-refractivity contribution >= 4 is 17.6 Å². The third-order valence-corrected chi connectivity index (χ3v) is 3.61. The van der Waals surface area contributed by atoms with Crippen molar-refractivity contribution in [2.24, 2.45) is 0 Å². The first-order valence-corrected chi connectivity index (χ1v) is 7.40. The van der Waals surface area contributed by atoms with E-state index in [2.05, 4.69) is 5.32 Å². The molecule has 0 aliphatic heterocycles. The van der Waals surface area contributed by atoms with Gasteiger partial charge in [-0.1, -0.05) is 30.3 Å². The van der Waals surface area contributed by atoms with Crippen molar-refractivity contribution in [3.05, 3.63) is 48.0 Å². The van der Waals surface area contributed by atoms with Gasteiger partial charge in [0.1, 0.15) is 22.9 Å². The van der Waals surface area contributed by atoms with E-state index in [1.807, 2.05) is 0 Å². The van der Waals surface area contributed by atoms with Crippen LogP contribution < -0.4 is 19.5 Å². The van der Waals surface area contributed by atoms with E-state index in [4.69, 9.17) is 14.2 Å². The standard InChI is InChI=1S/C18H19NO6/c1-23-12-9-13(24-2)16(14(10-12)25-3)19-17(20)15(18(21)22)11-7-5-4-6-8-11/h4-10,15H,1-3H3,(H,19,20)(H,21,22). The maximum absolute atomic E-state index is 12.6. The zero-order valence-corrected chi connectivity index (χ0v) is 14.1. The minimum Gasteiger partial charge on any atom is -0.496 e. The van der Waals surface area contributed by atoms with E-state index in [1.165, 1.54) is 21.3 Å². The highest BCUT2D eigenvalue weighted by Gasteiger charge is 2.29. The van der Waals surface area contributed by atoms with Gasteiger partial charge in [0.25, 0.3) is 0 Å². The lowest BCUT2D eigenvalue weighted by molar-refractivity contribution is -0.141. The first-order valence-electron chi connectivity index (χ1n) is 7.40. The minimum atomic E-state index is -1.36. The molecule has 0 aliphatic rings. The summed E-state index contributed by atoms with van der Waals surface area (Å²) in [4.78, 5) is 24.2. The maximum atomic E-state index is 12.6. The molecule has 1 unspecified atom stereocenters. The summed E-state index contributed by atoms with van der Waals surface area (Å²) in [7, 11) is 4.34. The Hall–Kier alpha value is -3.22. The van der Waals surface area contributed by atoms with Crippen molar-refractivity contribution in [3.63, 3.8) is 0 Å². The molecule has 0 spiro atoms.